The molecule has 0 atom stereocenters. The molecule has 0 bridgehead atoms. The van der Waals surface area contributed by atoms with Crippen molar-refractivity contribution in [3.63, 3.8) is 0 Å². The smallest absolute Gasteiger partial charge is 0.00470 e. The van der Waals surface area contributed by atoms with Crippen molar-refractivity contribution < 1.29 is 0 Å². The van der Waals surface area contributed by atoms with Gasteiger partial charge in [0.25, 0.3) is 0 Å². The van der Waals surface area contributed by atoms with Gasteiger partial charge in [0.15, 0.2) is 0 Å². The Bertz CT molecular complexity index is 85.1. The standard InChI is InChI=1S/C9H18S.C3H8/c1-2-8-10-9-6-4-3-5-7-9;1-3-2/h9H,2-8H2,1H3;3H2,1-2H3. The molecule has 1 aliphatic rings. The van der Waals surface area contributed by atoms with Gasteiger partial charge >= 0.3 is 0 Å². The normalized spacial score (nSPS) is 17.8. The van der Waals surface area contributed by atoms with Crippen molar-refractivity contribution in [2.24, 2.45) is 0 Å². The van der Waals surface area contributed by atoms with Gasteiger partial charge in [0, 0.05) is 5.25 Å². The SMILES string of the molecule is CCC.CCCSC1CCCCC1. The van der Waals surface area contributed by atoms with Crippen molar-refractivity contribution in [3.8, 4) is 0 Å². The van der Waals surface area contributed by atoms with Crippen LogP contribution < -0.4 is 0 Å². The number of hydrogen-bond acceptors (Lipinski definition) is 1. The lowest BCUT2D eigenvalue weighted by Gasteiger charge is -2.20. The van der Waals surface area contributed by atoms with Crippen LogP contribution in [0.1, 0.15) is 65.7 Å². The third-order valence-corrected chi connectivity index (χ3v) is 3.70. The van der Waals surface area contributed by atoms with Gasteiger partial charge in [-0.3, -0.25) is 0 Å². The summed E-state index contributed by atoms with van der Waals surface area (Å²) in [6, 6.07) is 0. The number of thioether (sulfide) groups is 1. The number of hydrogen-bond donors (Lipinski definition) is 0. The Kier molecular flexibility index (Phi) is 10.7. The van der Waals surface area contributed by atoms with Gasteiger partial charge in [-0.1, -0.05) is 46.5 Å². The topological polar surface area (TPSA) is 0 Å². The van der Waals surface area contributed by atoms with Gasteiger partial charge < -0.3 is 0 Å². The maximum Gasteiger partial charge on any atom is 0.00470 e. The van der Waals surface area contributed by atoms with E-state index in [-0.39, 0.29) is 0 Å². The minimum atomic E-state index is 1.02. The van der Waals surface area contributed by atoms with Gasteiger partial charge in [-0.15, -0.1) is 0 Å². The molecule has 1 aliphatic carbocycles. The number of rotatable bonds is 3. The van der Waals surface area contributed by atoms with E-state index >= 15 is 0 Å². The summed E-state index contributed by atoms with van der Waals surface area (Å²) in [5, 5.41) is 1.02. The van der Waals surface area contributed by atoms with Crippen LogP contribution in [0.15, 0.2) is 0 Å². The molecule has 13 heavy (non-hydrogen) atoms. The summed E-state index contributed by atoms with van der Waals surface area (Å²) in [6.07, 6.45) is 10.0. The Morgan fingerprint density at radius 1 is 1.00 bits per heavy atom. The highest BCUT2D eigenvalue weighted by molar-refractivity contribution is 7.99. The van der Waals surface area contributed by atoms with Crippen LogP contribution in [-0.2, 0) is 0 Å². The van der Waals surface area contributed by atoms with Gasteiger partial charge in [0.1, 0.15) is 0 Å². The summed E-state index contributed by atoms with van der Waals surface area (Å²) in [6.45, 7) is 6.52. The molecule has 0 amide bonds. The maximum absolute atomic E-state index is 2.27. The lowest BCUT2D eigenvalue weighted by Crippen LogP contribution is -2.08. The van der Waals surface area contributed by atoms with Gasteiger partial charge in [-0.2, -0.15) is 11.8 Å². The van der Waals surface area contributed by atoms with Crippen molar-refractivity contribution in [2.45, 2.75) is 71.0 Å². The molecule has 0 spiro atoms. The fourth-order valence-electron chi connectivity index (χ4n) is 1.52. The van der Waals surface area contributed by atoms with Gasteiger partial charge in [-0.25, -0.2) is 0 Å². The molecule has 0 nitrogen and oxygen atoms in total. The van der Waals surface area contributed by atoms with Crippen LogP contribution in [0.4, 0.5) is 0 Å². The Labute approximate surface area is 88.9 Å². The van der Waals surface area contributed by atoms with Crippen LogP contribution in [0.2, 0.25) is 0 Å². The van der Waals surface area contributed by atoms with Crippen LogP contribution in [0.5, 0.6) is 0 Å². The average Bonchev–Trinajstić information content (AvgIpc) is 2.18. The lowest BCUT2D eigenvalue weighted by molar-refractivity contribution is 0.516. The highest BCUT2D eigenvalue weighted by atomic mass is 32.2. The first kappa shape index (κ1) is 13.4. The fourth-order valence-corrected chi connectivity index (χ4v) is 2.75. The van der Waals surface area contributed by atoms with Gasteiger partial charge in [0.05, 0.1) is 0 Å². The van der Waals surface area contributed by atoms with Crippen LogP contribution in [0.3, 0.4) is 0 Å². The molecule has 80 valence electrons. The molecular formula is C12H26S. The zero-order valence-electron chi connectivity index (χ0n) is 9.64. The van der Waals surface area contributed by atoms with Crippen molar-refractivity contribution in [3.05, 3.63) is 0 Å². The average molecular weight is 202 g/mol. The quantitative estimate of drug-likeness (QED) is 0.628. The monoisotopic (exact) mass is 202 g/mol. The van der Waals surface area contributed by atoms with E-state index in [0.717, 1.165) is 5.25 Å². The van der Waals surface area contributed by atoms with Crippen molar-refractivity contribution in [1.82, 2.24) is 0 Å². The summed E-state index contributed by atoms with van der Waals surface area (Å²) in [4.78, 5) is 0. The molecule has 1 saturated carbocycles. The summed E-state index contributed by atoms with van der Waals surface area (Å²) in [5.41, 5.74) is 0. The predicted molar refractivity (Wildman–Crippen MR) is 65.6 cm³/mol. The molecule has 1 rings (SSSR count). The minimum absolute atomic E-state index is 1.02. The second-order valence-corrected chi connectivity index (χ2v) is 5.25. The third-order valence-electron chi connectivity index (χ3n) is 2.11. The fraction of sp³-hybridized carbons (Fsp3) is 1.00. The van der Waals surface area contributed by atoms with Gasteiger partial charge in [-0.05, 0) is 25.0 Å². The van der Waals surface area contributed by atoms with E-state index in [9.17, 15) is 0 Å². The lowest BCUT2D eigenvalue weighted by atomic mass is 10.0. The highest BCUT2D eigenvalue weighted by Crippen LogP contribution is 2.28. The van der Waals surface area contributed by atoms with E-state index in [4.69, 9.17) is 0 Å². The van der Waals surface area contributed by atoms with Gasteiger partial charge in [0.2, 0.25) is 0 Å². The molecule has 0 aromatic rings. The Morgan fingerprint density at radius 2 is 1.54 bits per heavy atom. The first-order chi connectivity index (χ1) is 6.35. The van der Waals surface area contributed by atoms with Crippen molar-refractivity contribution in [1.29, 1.82) is 0 Å². The molecule has 0 unspecified atom stereocenters. The molecule has 0 radical (unpaired) electrons. The third kappa shape index (κ3) is 8.67. The second kappa shape index (κ2) is 10.4. The van der Waals surface area contributed by atoms with Crippen LogP contribution in [0.25, 0.3) is 0 Å². The Hall–Kier alpha value is 0.350. The Morgan fingerprint density at radius 3 is 2.00 bits per heavy atom. The van der Waals surface area contributed by atoms with E-state index in [0.29, 0.717) is 0 Å². The molecule has 0 N–H and O–H groups in total. The highest BCUT2D eigenvalue weighted by Gasteiger charge is 2.12. The summed E-state index contributed by atoms with van der Waals surface area (Å²) < 4.78 is 0. The predicted octanol–water partition coefficient (Wildman–Crippen LogP) is 4.88. The molecule has 0 aliphatic heterocycles. The molecule has 0 aromatic heterocycles. The van der Waals surface area contributed by atoms with Crippen LogP contribution in [0, 0.1) is 0 Å². The minimum Gasteiger partial charge on any atom is -0.159 e. The van der Waals surface area contributed by atoms with Crippen molar-refractivity contribution in [2.75, 3.05) is 5.75 Å². The summed E-state index contributed by atoms with van der Waals surface area (Å²) in [7, 11) is 0. The molecular weight excluding hydrogens is 176 g/mol. The first-order valence-electron chi connectivity index (χ1n) is 5.96. The first-order valence-corrected chi connectivity index (χ1v) is 7.01. The molecule has 1 fully saturated rings. The van der Waals surface area contributed by atoms with E-state index < -0.39 is 0 Å². The van der Waals surface area contributed by atoms with E-state index in [1.54, 1.807) is 0 Å². The zero-order chi connectivity index (χ0) is 9.94. The zero-order valence-corrected chi connectivity index (χ0v) is 10.5. The van der Waals surface area contributed by atoms with Crippen LogP contribution >= 0.6 is 11.8 Å². The molecule has 1 heteroatoms. The maximum atomic E-state index is 2.27. The van der Waals surface area contributed by atoms with E-state index in [1.165, 1.54) is 50.7 Å². The summed E-state index contributed by atoms with van der Waals surface area (Å²) in [5.74, 6) is 1.38. The molecule has 0 saturated heterocycles. The largest absolute Gasteiger partial charge is 0.159 e. The van der Waals surface area contributed by atoms with E-state index in [2.05, 4.69) is 32.5 Å². The molecule has 0 aromatic carbocycles. The molecule has 0 heterocycles. The Balaban J connectivity index is 0.000000424. The summed E-state index contributed by atoms with van der Waals surface area (Å²) >= 11 is 2.20. The van der Waals surface area contributed by atoms with Crippen LogP contribution in [-0.4, -0.2) is 11.0 Å². The van der Waals surface area contributed by atoms with E-state index in [1.807, 2.05) is 0 Å². The van der Waals surface area contributed by atoms with Crippen molar-refractivity contribution >= 4 is 11.8 Å². The second-order valence-electron chi connectivity index (χ2n) is 3.84.